The van der Waals surface area contributed by atoms with Gasteiger partial charge in [-0.15, -0.1) is 11.3 Å². The van der Waals surface area contributed by atoms with Crippen LogP contribution in [0.5, 0.6) is 0 Å². The van der Waals surface area contributed by atoms with Gasteiger partial charge in [-0.3, -0.25) is 0 Å². The summed E-state index contributed by atoms with van der Waals surface area (Å²) >= 11 is 9.15. The molecule has 5 heteroatoms. The van der Waals surface area contributed by atoms with Crippen LogP contribution in [0.4, 0.5) is 0 Å². The maximum atomic E-state index is 5.73. The Balaban J connectivity index is 2.31. The van der Waals surface area contributed by atoms with E-state index in [-0.39, 0.29) is 0 Å². The maximum Gasteiger partial charge on any atom is 0.183 e. The number of hydrogen-bond donors (Lipinski definition) is 0. The zero-order valence-corrected chi connectivity index (χ0v) is 10.2. The molecule has 0 amide bonds. The second-order valence-corrected chi connectivity index (χ2v) is 5.49. The summed E-state index contributed by atoms with van der Waals surface area (Å²) in [5.41, 5.74) is 0. The molecule has 0 unspecified atom stereocenters. The molecule has 1 rings (SSSR count). The first-order chi connectivity index (χ1) is 6.22. The molecular formula is C8H13ClN2S2. The van der Waals surface area contributed by atoms with Crippen molar-refractivity contribution in [2.75, 3.05) is 25.6 Å². The van der Waals surface area contributed by atoms with E-state index in [1.807, 2.05) is 18.0 Å². The van der Waals surface area contributed by atoms with Gasteiger partial charge in [0.15, 0.2) is 4.47 Å². The van der Waals surface area contributed by atoms with Crippen LogP contribution in [0.3, 0.4) is 0 Å². The van der Waals surface area contributed by atoms with E-state index in [9.17, 15) is 0 Å². The molecule has 0 saturated carbocycles. The largest absolute Gasteiger partial charge is 0.300 e. The zero-order chi connectivity index (χ0) is 9.68. The minimum absolute atomic E-state index is 0.633. The van der Waals surface area contributed by atoms with Crippen LogP contribution in [0, 0.1) is 0 Å². The predicted octanol–water partition coefficient (Wildman–Crippen LogP) is 2.59. The van der Waals surface area contributed by atoms with Crippen LogP contribution in [-0.2, 0) is 6.54 Å². The minimum atomic E-state index is 0.633. The van der Waals surface area contributed by atoms with Crippen molar-refractivity contribution in [1.29, 1.82) is 0 Å². The van der Waals surface area contributed by atoms with Gasteiger partial charge in [0.1, 0.15) is 0 Å². The van der Waals surface area contributed by atoms with Crippen molar-refractivity contribution in [3.05, 3.63) is 15.5 Å². The normalized spacial score (nSPS) is 11.1. The first kappa shape index (κ1) is 11.3. The third-order valence-electron chi connectivity index (χ3n) is 1.63. The Bertz CT molecular complexity index is 252. The number of aromatic nitrogens is 1. The van der Waals surface area contributed by atoms with E-state index in [2.05, 4.69) is 23.2 Å². The number of rotatable bonds is 5. The molecule has 2 nitrogen and oxygen atoms in total. The first-order valence-corrected chi connectivity index (χ1v) is 6.59. The highest BCUT2D eigenvalue weighted by Gasteiger charge is 2.03. The lowest BCUT2D eigenvalue weighted by molar-refractivity contribution is 0.352. The van der Waals surface area contributed by atoms with Crippen LogP contribution in [-0.4, -0.2) is 35.5 Å². The highest BCUT2D eigenvalue weighted by Crippen LogP contribution is 2.18. The van der Waals surface area contributed by atoms with Gasteiger partial charge in [0.2, 0.25) is 0 Å². The fourth-order valence-electron chi connectivity index (χ4n) is 0.949. The topological polar surface area (TPSA) is 16.1 Å². The molecule has 0 N–H and O–H groups in total. The average Bonchev–Trinajstić information content (AvgIpc) is 2.48. The van der Waals surface area contributed by atoms with Crippen LogP contribution >= 0.6 is 34.7 Å². The Hall–Kier alpha value is 0.230. The second kappa shape index (κ2) is 5.86. The third-order valence-corrected chi connectivity index (χ3v) is 3.32. The molecule has 0 aliphatic rings. The highest BCUT2D eigenvalue weighted by molar-refractivity contribution is 7.98. The predicted molar refractivity (Wildman–Crippen MR) is 61.8 cm³/mol. The van der Waals surface area contributed by atoms with Gasteiger partial charge in [-0.05, 0) is 13.3 Å². The van der Waals surface area contributed by atoms with Gasteiger partial charge >= 0.3 is 0 Å². The Morgan fingerprint density at radius 2 is 2.46 bits per heavy atom. The molecule has 0 radical (unpaired) electrons. The van der Waals surface area contributed by atoms with E-state index in [0.717, 1.165) is 13.1 Å². The summed E-state index contributed by atoms with van der Waals surface area (Å²) in [6, 6.07) is 0. The second-order valence-electron chi connectivity index (χ2n) is 2.81. The van der Waals surface area contributed by atoms with E-state index in [1.54, 1.807) is 11.3 Å². The molecule has 1 aromatic heterocycles. The van der Waals surface area contributed by atoms with E-state index in [0.29, 0.717) is 4.47 Å². The lowest BCUT2D eigenvalue weighted by atomic mass is 10.5. The van der Waals surface area contributed by atoms with Crippen molar-refractivity contribution in [3.8, 4) is 0 Å². The van der Waals surface area contributed by atoms with Gasteiger partial charge in [0, 0.05) is 29.9 Å². The Morgan fingerprint density at radius 1 is 1.69 bits per heavy atom. The van der Waals surface area contributed by atoms with Gasteiger partial charge in [0.05, 0.1) is 0 Å². The van der Waals surface area contributed by atoms with Gasteiger partial charge in [-0.1, -0.05) is 11.6 Å². The molecule has 0 aliphatic carbocycles. The zero-order valence-electron chi connectivity index (χ0n) is 7.79. The number of halogens is 1. The van der Waals surface area contributed by atoms with Gasteiger partial charge in [-0.25, -0.2) is 4.98 Å². The fourth-order valence-corrected chi connectivity index (χ4v) is 2.50. The van der Waals surface area contributed by atoms with Crippen molar-refractivity contribution in [3.63, 3.8) is 0 Å². The van der Waals surface area contributed by atoms with Crippen LogP contribution in [0.25, 0.3) is 0 Å². The number of thiazole rings is 1. The summed E-state index contributed by atoms with van der Waals surface area (Å²) in [5.74, 6) is 1.17. The van der Waals surface area contributed by atoms with Crippen LogP contribution in [0.15, 0.2) is 6.20 Å². The van der Waals surface area contributed by atoms with Gasteiger partial charge < -0.3 is 4.90 Å². The summed E-state index contributed by atoms with van der Waals surface area (Å²) in [5, 5.41) is 0. The molecule has 0 spiro atoms. The van der Waals surface area contributed by atoms with Crippen molar-refractivity contribution in [1.82, 2.24) is 9.88 Å². The van der Waals surface area contributed by atoms with E-state index in [4.69, 9.17) is 11.6 Å². The van der Waals surface area contributed by atoms with Crippen molar-refractivity contribution in [2.24, 2.45) is 0 Å². The summed E-state index contributed by atoms with van der Waals surface area (Å²) in [4.78, 5) is 7.51. The fraction of sp³-hybridized carbons (Fsp3) is 0.625. The van der Waals surface area contributed by atoms with E-state index >= 15 is 0 Å². The molecule has 13 heavy (non-hydrogen) atoms. The maximum absolute atomic E-state index is 5.73. The molecule has 0 fully saturated rings. The number of thioether (sulfide) groups is 1. The summed E-state index contributed by atoms with van der Waals surface area (Å²) in [6.45, 7) is 2.06. The smallest absolute Gasteiger partial charge is 0.183 e. The van der Waals surface area contributed by atoms with Crippen molar-refractivity contribution >= 4 is 34.7 Å². The minimum Gasteiger partial charge on any atom is -0.300 e. The lowest BCUT2D eigenvalue weighted by Gasteiger charge is -2.13. The quantitative estimate of drug-likeness (QED) is 0.782. The molecule has 0 atom stereocenters. The van der Waals surface area contributed by atoms with Crippen LogP contribution in [0.1, 0.15) is 4.88 Å². The van der Waals surface area contributed by atoms with Gasteiger partial charge in [0.25, 0.3) is 0 Å². The van der Waals surface area contributed by atoms with Gasteiger partial charge in [-0.2, -0.15) is 11.8 Å². The standard InChI is InChI=1S/C8H13ClN2S2/c1-11(3-4-12-2)6-7-5-10-8(9)13-7/h5H,3-4,6H2,1-2H3. The summed E-state index contributed by atoms with van der Waals surface area (Å²) in [6.07, 6.45) is 3.97. The summed E-state index contributed by atoms with van der Waals surface area (Å²) in [7, 11) is 2.11. The average molecular weight is 237 g/mol. The number of hydrogen-bond acceptors (Lipinski definition) is 4. The molecule has 0 aliphatic heterocycles. The molecule has 74 valence electrons. The van der Waals surface area contributed by atoms with Crippen molar-refractivity contribution < 1.29 is 0 Å². The molecular weight excluding hydrogens is 224 g/mol. The molecule has 0 aromatic carbocycles. The molecule has 1 aromatic rings. The Morgan fingerprint density at radius 3 is 3.00 bits per heavy atom. The van der Waals surface area contributed by atoms with Crippen LogP contribution in [0.2, 0.25) is 4.47 Å². The first-order valence-electron chi connectivity index (χ1n) is 4.00. The Labute approximate surface area is 92.3 Å². The monoisotopic (exact) mass is 236 g/mol. The van der Waals surface area contributed by atoms with Crippen molar-refractivity contribution in [2.45, 2.75) is 6.54 Å². The van der Waals surface area contributed by atoms with E-state index < -0.39 is 0 Å². The SMILES string of the molecule is CSCCN(C)Cc1cnc(Cl)s1. The number of nitrogens with zero attached hydrogens (tertiary/aromatic N) is 2. The summed E-state index contributed by atoms with van der Waals surface area (Å²) < 4.78 is 0.633. The molecule has 0 saturated heterocycles. The lowest BCUT2D eigenvalue weighted by Crippen LogP contribution is -2.19. The third kappa shape index (κ3) is 4.31. The molecule has 1 heterocycles. The highest BCUT2D eigenvalue weighted by atomic mass is 35.5. The van der Waals surface area contributed by atoms with E-state index in [1.165, 1.54) is 10.6 Å². The molecule has 0 bridgehead atoms. The Kier molecular flexibility index (Phi) is 5.09. The van der Waals surface area contributed by atoms with Crippen LogP contribution < -0.4 is 0 Å².